The van der Waals surface area contributed by atoms with Crippen molar-refractivity contribution in [3.8, 4) is 33.6 Å². The maximum absolute atomic E-state index is 6.42. The third kappa shape index (κ3) is 8.84. The van der Waals surface area contributed by atoms with Crippen molar-refractivity contribution in [1.29, 1.82) is 0 Å². The van der Waals surface area contributed by atoms with Crippen molar-refractivity contribution in [3.05, 3.63) is 138 Å². The van der Waals surface area contributed by atoms with Gasteiger partial charge in [0.05, 0.1) is 5.58 Å². The van der Waals surface area contributed by atoms with Crippen molar-refractivity contribution in [2.75, 3.05) is 0 Å². The molecule has 0 saturated heterocycles. The first kappa shape index (κ1) is 40.4. The van der Waals surface area contributed by atoms with Crippen LogP contribution in [0.3, 0.4) is 0 Å². The molecular weight excluding hydrogens is 921 g/mol. The molecule has 56 heavy (non-hydrogen) atoms. The summed E-state index contributed by atoms with van der Waals surface area (Å²) in [5.41, 5.74) is 14.3. The maximum atomic E-state index is 6.42. The first-order valence-corrected chi connectivity index (χ1v) is 28.0. The molecule has 3 aromatic heterocycles. The van der Waals surface area contributed by atoms with E-state index < -0.39 is 13.3 Å². The van der Waals surface area contributed by atoms with Crippen LogP contribution in [0.4, 0.5) is 0 Å². The van der Waals surface area contributed by atoms with Crippen LogP contribution in [0.1, 0.15) is 87.0 Å². The normalized spacial score (nSPS) is 14.6. The third-order valence-corrected chi connectivity index (χ3v) is 16.0. The SMILES string of the molecule is CC(C)Cc1cc(-c2[c-]ccc(C3CCCCC3)c2)nc[c]1[Ge]([CH3])([CH3])[CH3].[Ir].[c-]1ccc2c(oc3cc(-c4ccccc4)ccc32)c1-c1nccc2c1CCCC2. The van der Waals surface area contributed by atoms with Gasteiger partial charge in [-0.3, -0.25) is 0 Å². The molecule has 3 heterocycles. The summed E-state index contributed by atoms with van der Waals surface area (Å²) in [5, 5.41) is 2.27. The van der Waals surface area contributed by atoms with Gasteiger partial charge in [0, 0.05) is 31.7 Å². The molecule has 289 valence electrons. The number of rotatable bonds is 7. The molecule has 0 spiro atoms. The summed E-state index contributed by atoms with van der Waals surface area (Å²) in [6.45, 7) is 4.63. The van der Waals surface area contributed by atoms with Crippen LogP contribution in [0.2, 0.25) is 17.3 Å². The molecule has 0 amide bonds. The van der Waals surface area contributed by atoms with E-state index in [9.17, 15) is 0 Å². The molecule has 0 N–H and O–H groups in total. The molecule has 9 rings (SSSR count). The van der Waals surface area contributed by atoms with Gasteiger partial charge in [0.25, 0.3) is 0 Å². The minimum atomic E-state index is -1.91. The standard InChI is InChI=1S/C27H20NO.C24H34GeN.Ir/c1-2-7-18(8-3-1)20-13-14-22-23-11-6-12-24(27(23)29-25(22)17-20)26-21-10-5-4-9-19(21)15-16-28-26;1-18(2)14-22-16-24(26-17-23(22)25(3,4)5)21-13-9-12-20(15-21)19-10-7-6-8-11-19;/h1-3,6-8,11,13-17H,4-5,9-10H2;9,12,15-19H,6-8,10-11,14H2,1-5H3;/q2*-1;. The number of aryl methyl sites for hydroxylation is 1. The van der Waals surface area contributed by atoms with E-state index in [1.54, 1.807) is 4.40 Å². The molecule has 5 heteroatoms. The molecule has 2 aliphatic carbocycles. The average Bonchev–Trinajstić information content (AvgIpc) is 3.59. The summed E-state index contributed by atoms with van der Waals surface area (Å²) in [7, 11) is 0. The fraction of sp³-hybridized carbons (Fsp3) is 0.333. The number of benzene rings is 4. The largest absolute Gasteiger partial charge is 0.501 e. The summed E-state index contributed by atoms with van der Waals surface area (Å²) in [4.78, 5) is 9.64. The van der Waals surface area contributed by atoms with Crippen LogP contribution >= 0.6 is 0 Å². The smallest absolute Gasteiger partial charge is 0.121 e. The van der Waals surface area contributed by atoms with Crippen LogP contribution < -0.4 is 4.40 Å². The van der Waals surface area contributed by atoms with Gasteiger partial charge in [0.15, 0.2) is 0 Å². The Morgan fingerprint density at radius 1 is 0.768 bits per heavy atom. The maximum Gasteiger partial charge on any atom is 0.121 e. The zero-order chi connectivity index (χ0) is 37.9. The van der Waals surface area contributed by atoms with Gasteiger partial charge in [-0.15, -0.1) is 18.2 Å². The first-order valence-electron chi connectivity index (χ1n) is 20.6. The topological polar surface area (TPSA) is 38.9 Å². The number of hydrogen-bond donors (Lipinski definition) is 0. The molecule has 7 aromatic rings. The van der Waals surface area contributed by atoms with Gasteiger partial charge in [-0.25, -0.2) is 0 Å². The number of hydrogen-bond acceptors (Lipinski definition) is 3. The second-order valence-electron chi connectivity index (χ2n) is 17.2. The van der Waals surface area contributed by atoms with E-state index in [1.807, 2.05) is 18.3 Å². The van der Waals surface area contributed by atoms with E-state index in [0.717, 1.165) is 69.6 Å². The van der Waals surface area contributed by atoms with Crippen molar-refractivity contribution >= 4 is 39.6 Å². The Labute approximate surface area is 350 Å². The molecular formula is C51H54GeIrN2O-2. The van der Waals surface area contributed by atoms with E-state index in [0.29, 0.717) is 5.92 Å². The molecule has 1 fully saturated rings. The Morgan fingerprint density at radius 3 is 2.34 bits per heavy atom. The summed E-state index contributed by atoms with van der Waals surface area (Å²) >= 11 is -1.91. The second kappa shape index (κ2) is 17.8. The Kier molecular flexibility index (Phi) is 12.8. The van der Waals surface area contributed by atoms with Crippen LogP contribution in [0.5, 0.6) is 0 Å². The summed E-state index contributed by atoms with van der Waals surface area (Å²) < 4.78 is 7.98. The second-order valence-corrected chi connectivity index (χ2v) is 27.8. The van der Waals surface area contributed by atoms with E-state index in [1.165, 1.54) is 78.3 Å². The molecule has 0 atom stereocenters. The fourth-order valence-corrected chi connectivity index (χ4v) is 12.2. The zero-order valence-electron chi connectivity index (χ0n) is 33.7. The van der Waals surface area contributed by atoms with Gasteiger partial charge in [0.2, 0.25) is 0 Å². The van der Waals surface area contributed by atoms with E-state index in [4.69, 9.17) is 14.4 Å². The summed E-state index contributed by atoms with van der Waals surface area (Å²) in [5.74, 6) is 8.81. The third-order valence-electron chi connectivity index (χ3n) is 11.7. The zero-order valence-corrected chi connectivity index (χ0v) is 38.2. The monoisotopic (exact) mass is 977 g/mol. The van der Waals surface area contributed by atoms with Gasteiger partial charge in [-0.05, 0) is 54.6 Å². The molecule has 1 saturated carbocycles. The average molecular weight is 976 g/mol. The van der Waals surface area contributed by atoms with Crippen LogP contribution in [-0.4, -0.2) is 23.2 Å². The van der Waals surface area contributed by atoms with E-state index in [2.05, 4.69) is 128 Å². The van der Waals surface area contributed by atoms with Gasteiger partial charge < -0.3 is 9.40 Å². The van der Waals surface area contributed by atoms with Crippen LogP contribution in [0.15, 0.2) is 108 Å². The predicted octanol–water partition coefficient (Wildman–Crippen LogP) is 13.3. The van der Waals surface area contributed by atoms with E-state index in [-0.39, 0.29) is 20.1 Å². The summed E-state index contributed by atoms with van der Waals surface area (Å²) in [6.07, 6.45) is 16.8. The minimum absolute atomic E-state index is 0. The van der Waals surface area contributed by atoms with Crippen molar-refractivity contribution < 1.29 is 24.5 Å². The molecule has 0 unspecified atom stereocenters. The van der Waals surface area contributed by atoms with Crippen molar-refractivity contribution in [2.24, 2.45) is 5.92 Å². The van der Waals surface area contributed by atoms with Gasteiger partial charge >= 0.3 is 163 Å². The van der Waals surface area contributed by atoms with Gasteiger partial charge in [0.1, 0.15) is 5.58 Å². The molecule has 1 radical (unpaired) electrons. The van der Waals surface area contributed by atoms with Crippen molar-refractivity contribution in [3.63, 3.8) is 0 Å². The first-order chi connectivity index (χ1) is 26.7. The Balaban J connectivity index is 0.000000170. The van der Waals surface area contributed by atoms with Crippen molar-refractivity contribution in [1.82, 2.24) is 9.97 Å². The van der Waals surface area contributed by atoms with Crippen LogP contribution in [0.25, 0.3) is 55.6 Å². The van der Waals surface area contributed by atoms with Crippen molar-refractivity contribution in [2.45, 2.75) is 101 Å². The Bertz CT molecular complexity index is 2420. The number of nitrogens with zero attached hydrogens (tertiary/aromatic N) is 2. The number of fused-ring (bicyclic) bond motifs is 4. The number of aromatic nitrogens is 2. The van der Waals surface area contributed by atoms with Crippen LogP contribution in [-0.2, 0) is 39.4 Å². The molecule has 0 bridgehead atoms. The number of pyridine rings is 2. The Morgan fingerprint density at radius 2 is 1.55 bits per heavy atom. The fourth-order valence-electron chi connectivity index (χ4n) is 8.86. The predicted molar refractivity (Wildman–Crippen MR) is 234 cm³/mol. The Hall–Kier alpha value is -3.83. The van der Waals surface area contributed by atoms with Crippen LogP contribution in [0, 0.1) is 18.1 Å². The van der Waals surface area contributed by atoms with Gasteiger partial charge in [-0.2, -0.15) is 0 Å². The summed E-state index contributed by atoms with van der Waals surface area (Å²) in [6, 6.07) is 39.2. The molecule has 4 aromatic carbocycles. The molecule has 3 nitrogen and oxygen atoms in total. The van der Waals surface area contributed by atoms with E-state index >= 15 is 0 Å². The molecule has 2 aliphatic rings. The minimum Gasteiger partial charge on any atom is -0.501 e. The molecule has 0 aliphatic heterocycles. The quantitative estimate of drug-likeness (QED) is 0.118. The van der Waals surface area contributed by atoms with Gasteiger partial charge in [-0.1, -0.05) is 64.5 Å². The number of furan rings is 1.